The number of nitrogens with zero attached hydrogens (tertiary/aromatic N) is 4. The molecule has 8 heteroatoms. The molecule has 0 unspecified atom stereocenters. The summed E-state index contributed by atoms with van der Waals surface area (Å²) < 4.78 is 5.83. The molecule has 6 nitrogen and oxygen atoms in total. The van der Waals surface area contributed by atoms with Crippen molar-refractivity contribution in [3.63, 3.8) is 0 Å². The number of piperidine rings is 1. The molecule has 0 radical (unpaired) electrons. The standard InChI is InChI=1S/C24H26ClN5OS/c1-16-22(26)24(15-31-16)7-10-30(11-8-24)18-13-28-23(29-14-18)32-20-6-2-5-19(21(20)25)17-4-3-9-27-12-17/h2-6,9,12-14,16,22H,7-8,10-11,15,26H2,1H3/t16-,22+/m0/s1. The van der Waals surface area contributed by atoms with Gasteiger partial charge in [-0.1, -0.05) is 29.8 Å². The lowest BCUT2D eigenvalue weighted by Crippen LogP contribution is -2.50. The molecular weight excluding hydrogens is 442 g/mol. The first-order chi connectivity index (χ1) is 15.6. The lowest BCUT2D eigenvalue weighted by Gasteiger charge is -2.41. The van der Waals surface area contributed by atoms with Crippen LogP contribution in [0.2, 0.25) is 5.02 Å². The van der Waals surface area contributed by atoms with Gasteiger partial charge in [0.2, 0.25) is 0 Å². The fraction of sp³-hybridized carbons (Fsp3) is 0.375. The van der Waals surface area contributed by atoms with E-state index in [0.717, 1.165) is 54.2 Å². The molecule has 2 aliphatic heterocycles. The van der Waals surface area contributed by atoms with Gasteiger partial charge in [-0.2, -0.15) is 0 Å². The highest BCUT2D eigenvalue weighted by Gasteiger charge is 2.47. The van der Waals surface area contributed by atoms with Gasteiger partial charge in [0.15, 0.2) is 5.16 Å². The molecule has 2 atom stereocenters. The molecule has 4 heterocycles. The third-order valence-corrected chi connectivity index (χ3v) is 8.20. The molecule has 3 aromatic rings. The Bertz CT molecular complexity index is 1070. The number of nitrogens with two attached hydrogens (primary N) is 1. The highest BCUT2D eigenvalue weighted by atomic mass is 35.5. The minimum absolute atomic E-state index is 0.114. The summed E-state index contributed by atoms with van der Waals surface area (Å²) in [5.41, 5.74) is 9.53. The highest BCUT2D eigenvalue weighted by Crippen LogP contribution is 2.42. The average Bonchev–Trinajstić information content (AvgIpc) is 3.10. The summed E-state index contributed by atoms with van der Waals surface area (Å²) in [5, 5.41) is 1.36. The van der Waals surface area contributed by atoms with E-state index in [0.29, 0.717) is 10.2 Å². The molecule has 0 bridgehead atoms. The second kappa shape index (κ2) is 8.98. The highest BCUT2D eigenvalue weighted by molar-refractivity contribution is 7.99. The van der Waals surface area contributed by atoms with E-state index >= 15 is 0 Å². The Morgan fingerprint density at radius 2 is 1.91 bits per heavy atom. The molecule has 5 rings (SSSR count). The van der Waals surface area contributed by atoms with Crippen LogP contribution in [0.25, 0.3) is 11.1 Å². The van der Waals surface area contributed by atoms with Crippen LogP contribution in [-0.2, 0) is 4.74 Å². The van der Waals surface area contributed by atoms with Crippen LogP contribution >= 0.6 is 23.4 Å². The molecule has 0 saturated carbocycles. The smallest absolute Gasteiger partial charge is 0.192 e. The Labute approximate surface area is 197 Å². The molecule has 2 aliphatic rings. The lowest BCUT2D eigenvalue weighted by atomic mass is 9.73. The third kappa shape index (κ3) is 4.10. The van der Waals surface area contributed by atoms with Gasteiger partial charge in [-0.25, -0.2) is 9.97 Å². The van der Waals surface area contributed by atoms with Crippen molar-refractivity contribution < 1.29 is 4.74 Å². The average molecular weight is 468 g/mol. The number of aromatic nitrogens is 3. The maximum Gasteiger partial charge on any atom is 0.192 e. The fourth-order valence-corrected chi connectivity index (χ4v) is 5.75. The zero-order valence-electron chi connectivity index (χ0n) is 17.9. The van der Waals surface area contributed by atoms with Crippen molar-refractivity contribution >= 4 is 29.1 Å². The molecule has 1 aromatic carbocycles. The van der Waals surface area contributed by atoms with Crippen molar-refractivity contribution in [1.29, 1.82) is 0 Å². The molecule has 32 heavy (non-hydrogen) atoms. The predicted molar refractivity (Wildman–Crippen MR) is 128 cm³/mol. The summed E-state index contributed by atoms with van der Waals surface area (Å²) in [4.78, 5) is 16.6. The van der Waals surface area contributed by atoms with Gasteiger partial charge in [0.05, 0.1) is 35.8 Å². The van der Waals surface area contributed by atoms with Gasteiger partial charge in [0.25, 0.3) is 0 Å². The molecule has 0 aliphatic carbocycles. The van der Waals surface area contributed by atoms with Crippen LogP contribution in [0.4, 0.5) is 5.69 Å². The molecule has 166 valence electrons. The first kappa shape index (κ1) is 21.6. The third-order valence-electron chi connectivity index (χ3n) is 6.72. The van der Waals surface area contributed by atoms with E-state index in [1.807, 2.05) is 48.9 Å². The Hall–Kier alpha value is -2.19. The number of hydrogen-bond acceptors (Lipinski definition) is 7. The molecule has 2 aromatic heterocycles. The summed E-state index contributed by atoms with van der Waals surface area (Å²) in [6.45, 7) is 4.74. The largest absolute Gasteiger partial charge is 0.376 e. The zero-order valence-corrected chi connectivity index (χ0v) is 19.5. The number of benzene rings is 1. The van der Waals surface area contributed by atoms with Gasteiger partial charge in [-0.05, 0) is 43.7 Å². The first-order valence-electron chi connectivity index (χ1n) is 10.9. The number of hydrogen-bond donors (Lipinski definition) is 1. The summed E-state index contributed by atoms with van der Waals surface area (Å²) >= 11 is 8.16. The molecule has 2 saturated heterocycles. The number of rotatable bonds is 4. The van der Waals surface area contributed by atoms with E-state index < -0.39 is 0 Å². The zero-order chi connectivity index (χ0) is 22.1. The topological polar surface area (TPSA) is 77.2 Å². The summed E-state index contributed by atoms with van der Waals surface area (Å²) in [6.07, 6.45) is 9.58. The van der Waals surface area contributed by atoms with Crippen LogP contribution in [0.15, 0.2) is 65.2 Å². The SMILES string of the molecule is C[C@@H]1OCC2(CCN(c3cnc(Sc4cccc(-c5cccnc5)c4Cl)nc3)CC2)[C@@H]1N. The van der Waals surface area contributed by atoms with Crippen molar-refractivity contribution in [2.75, 3.05) is 24.6 Å². The van der Waals surface area contributed by atoms with Gasteiger partial charge in [-0.3, -0.25) is 4.98 Å². The normalized spacial score (nSPS) is 22.4. The van der Waals surface area contributed by atoms with Crippen LogP contribution in [0.3, 0.4) is 0 Å². The second-order valence-corrected chi connectivity index (χ2v) is 9.96. The van der Waals surface area contributed by atoms with Gasteiger partial charge < -0.3 is 15.4 Å². The number of halogens is 1. The second-order valence-electron chi connectivity index (χ2n) is 8.58. The fourth-order valence-electron chi connectivity index (χ4n) is 4.64. The Kier molecular flexibility index (Phi) is 6.07. The molecule has 0 amide bonds. The number of pyridine rings is 1. The Morgan fingerprint density at radius 1 is 1.12 bits per heavy atom. The summed E-state index contributed by atoms with van der Waals surface area (Å²) in [5.74, 6) is 0. The van der Waals surface area contributed by atoms with Crippen LogP contribution < -0.4 is 10.6 Å². The van der Waals surface area contributed by atoms with Crippen molar-refractivity contribution in [3.8, 4) is 11.1 Å². The maximum atomic E-state index is 6.69. The number of anilines is 1. The maximum absolute atomic E-state index is 6.69. The minimum Gasteiger partial charge on any atom is -0.376 e. The van der Waals surface area contributed by atoms with Crippen molar-refractivity contribution in [2.24, 2.45) is 11.1 Å². The van der Waals surface area contributed by atoms with Gasteiger partial charge in [-0.15, -0.1) is 0 Å². The Balaban J connectivity index is 1.26. The lowest BCUT2D eigenvalue weighted by molar-refractivity contribution is 0.0974. The molecule has 2 N–H and O–H groups in total. The van der Waals surface area contributed by atoms with E-state index in [-0.39, 0.29) is 17.6 Å². The Morgan fingerprint density at radius 3 is 2.56 bits per heavy atom. The predicted octanol–water partition coefficient (Wildman–Crippen LogP) is 4.68. The van der Waals surface area contributed by atoms with E-state index in [4.69, 9.17) is 22.1 Å². The van der Waals surface area contributed by atoms with Gasteiger partial charge in [0, 0.05) is 53.0 Å². The minimum atomic E-state index is 0.114. The number of ether oxygens (including phenoxy) is 1. The van der Waals surface area contributed by atoms with E-state index in [9.17, 15) is 0 Å². The first-order valence-corrected chi connectivity index (χ1v) is 12.1. The molecular formula is C24H26ClN5OS. The van der Waals surface area contributed by atoms with Crippen molar-refractivity contribution in [2.45, 2.75) is 42.0 Å². The van der Waals surface area contributed by atoms with Crippen LogP contribution in [0, 0.1) is 5.41 Å². The molecule has 1 spiro atoms. The summed E-state index contributed by atoms with van der Waals surface area (Å²) in [6, 6.07) is 10.0. The van der Waals surface area contributed by atoms with E-state index in [1.165, 1.54) is 11.8 Å². The van der Waals surface area contributed by atoms with E-state index in [1.54, 1.807) is 6.20 Å². The molecule has 2 fully saturated rings. The van der Waals surface area contributed by atoms with Crippen LogP contribution in [0.1, 0.15) is 19.8 Å². The monoisotopic (exact) mass is 467 g/mol. The summed E-state index contributed by atoms with van der Waals surface area (Å²) in [7, 11) is 0. The van der Waals surface area contributed by atoms with E-state index in [2.05, 4.69) is 26.8 Å². The van der Waals surface area contributed by atoms with Crippen molar-refractivity contribution in [1.82, 2.24) is 15.0 Å². The van der Waals surface area contributed by atoms with Crippen molar-refractivity contribution in [3.05, 3.63) is 60.1 Å². The van der Waals surface area contributed by atoms with Crippen LogP contribution in [0.5, 0.6) is 0 Å². The van der Waals surface area contributed by atoms with Crippen LogP contribution in [-0.4, -0.2) is 46.8 Å². The van der Waals surface area contributed by atoms with Gasteiger partial charge in [0.1, 0.15) is 0 Å². The quantitative estimate of drug-likeness (QED) is 0.558. The van der Waals surface area contributed by atoms with Gasteiger partial charge >= 0.3 is 0 Å².